The molecule has 41 heavy (non-hydrogen) atoms. The average molecular weight is 569 g/mol. The van der Waals surface area contributed by atoms with Crippen molar-refractivity contribution in [1.29, 1.82) is 5.26 Å². The Morgan fingerprint density at radius 1 is 1.17 bits per heavy atom. The lowest BCUT2D eigenvalue weighted by atomic mass is 9.92. The number of urea groups is 1. The van der Waals surface area contributed by atoms with Gasteiger partial charge in [-0.1, -0.05) is 20.8 Å². The van der Waals surface area contributed by atoms with E-state index in [1.807, 2.05) is 27.0 Å². The number of rotatable bonds is 6. The largest absolute Gasteiger partial charge is 0.455 e. The van der Waals surface area contributed by atoms with Crippen LogP contribution in [0.25, 0.3) is 11.2 Å². The summed E-state index contributed by atoms with van der Waals surface area (Å²) < 4.78 is 6.03. The highest BCUT2D eigenvalue weighted by Gasteiger charge is 2.16. The first-order valence-corrected chi connectivity index (χ1v) is 13.6. The van der Waals surface area contributed by atoms with Gasteiger partial charge in [-0.25, -0.2) is 19.8 Å². The van der Waals surface area contributed by atoms with Gasteiger partial charge in [-0.15, -0.1) is 11.8 Å². The number of aliphatic imine (C=N–C) groups is 1. The summed E-state index contributed by atoms with van der Waals surface area (Å²) >= 11 is 1.42. The summed E-state index contributed by atoms with van der Waals surface area (Å²) in [7, 11) is 0. The Morgan fingerprint density at radius 2 is 1.93 bits per heavy atom. The van der Waals surface area contributed by atoms with Gasteiger partial charge in [-0.05, 0) is 48.7 Å². The molecule has 0 aliphatic rings. The highest BCUT2D eigenvalue weighted by Crippen LogP contribution is 2.33. The number of nitrogens with two attached hydrogens (primary N) is 1. The number of ether oxygens (including phenoxy) is 1. The van der Waals surface area contributed by atoms with Crippen molar-refractivity contribution >= 4 is 46.2 Å². The molecule has 2 aromatic carbocycles. The molecular weight excluding hydrogens is 540 g/mol. The lowest BCUT2D eigenvalue weighted by Crippen LogP contribution is -2.34. The number of H-pyrrole nitrogens is 1. The predicted molar refractivity (Wildman–Crippen MR) is 161 cm³/mol. The minimum absolute atomic E-state index is 0.236. The average Bonchev–Trinajstić information content (AvgIpc) is 2.93. The molecule has 11 nitrogen and oxygen atoms in total. The van der Waals surface area contributed by atoms with Crippen LogP contribution >= 0.6 is 11.8 Å². The van der Waals surface area contributed by atoms with Crippen molar-refractivity contribution < 1.29 is 9.53 Å². The van der Waals surface area contributed by atoms with E-state index in [2.05, 4.69) is 36.6 Å². The van der Waals surface area contributed by atoms with Crippen molar-refractivity contribution in [1.82, 2.24) is 20.3 Å². The Kier molecular flexibility index (Phi) is 8.69. The first-order chi connectivity index (χ1) is 19.5. The number of nitriles is 1. The number of amidine groups is 1. The number of anilines is 1. The molecule has 2 aromatic heterocycles. The standard InChI is InChI=1S/C29H28N8O3S/c1-29(2,3)23(31)14-24(34-18-7-5-17(15-30)6-8-18)36-28(39)35-20-10-9-19(13-22(20)41-4)40-21-11-12-32-27-26(21)33-16-25(38)37-27/h5-14,16H,31H2,1-4H3,(H,32,37,38)(H2,34,35,36,39)/b23-14-. The van der Waals surface area contributed by atoms with Gasteiger partial charge in [0, 0.05) is 34.3 Å². The number of carbonyl (C=O) groups is 1. The Morgan fingerprint density at radius 3 is 2.61 bits per heavy atom. The van der Waals surface area contributed by atoms with E-state index in [9.17, 15) is 9.59 Å². The zero-order valence-corrected chi connectivity index (χ0v) is 23.7. The summed E-state index contributed by atoms with van der Waals surface area (Å²) in [5.74, 6) is 1.16. The van der Waals surface area contributed by atoms with E-state index in [0.717, 1.165) is 4.90 Å². The molecule has 0 bridgehead atoms. The van der Waals surface area contributed by atoms with Crippen LogP contribution in [-0.4, -0.2) is 33.1 Å². The third kappa shape index (κ3) is 7.49. The summed E-state index contributed by atoms with van der Waals surface area (Å²) in [4.78, 5) is 40.8. The van der Waals surface area contributed by atoms with Crippen LogP contribution in [0.1, 0.15) is 26.3 Å². The molecule has 2 heterocycles. The topological polar surface area (TPSA) is 171 Å². The second-order valence-corrected chi connectivity index (χ2v) is 10.7. The molecule has 0 saturated carbocycles. The quantitative estimate of drug-likeness (QED) is 0.135. The number of aromatic amines is 1. The van der Waals surface area contributed by atoms with E-state index in [0.29, 0.717) is 45.3 Å². The van der Waals surface area contributed by atoms with Crippen molar-refractivity contribution in [3.05, 3.63) is 88.6 Å². The van der Waals surface area contributed by atoms with E-state index in [1.54, 1.807) is 54.6 Å². The first kappa shape index (κ1) is 28.8. The van der Waals surface area contributed by atoms with Crippen LogP contribution in [0, 0.1) is 16.7 Å². The predicted octanol–water partition coefficient (Wildman–Crippen LogP) is 5.44. The SMILES string of the molecule is CSc1cc(Oc2ccnc3[nH]c(=O)cnc23)ccc1NC(=O)NC(/C=C(\N)C(C)(C)C)=Nc1ccc(C#N)cc1. The van der Waals surface area contributed by atoms with Crippen molar-refractivity contribution in [2.75, 3.05) is 11.6 Å². The fourth-order valence-electron chi connectivity index (χ4n) is 3.45. The molecular formula is C29H28N8O3S. The number of aromatic nitrogens is 3. The molecule has 4 aromatic rings. The molecule has 0 atom stereocenters. The zero-order valence-electron chi connectivity index (χ0n) is 22.9. The number of thioether (sulfide) groups is 1. The number of nitrogens with zero attached hydrogens (tertiary/aromatic N) is 4. The van der Waals surface area contributed by atoms with Crippen LogP contribution in [0.5, 0.6) is 11.5 Å². The minimum Gasteiger partial charge on any atom is -0.455 e. The third-order valence-electron chi connectivity index (χ3n) is 5.73. The van der Waals surface area contributed by atoms with Crippen LogP contribution < -0.4 is 26.7 Å². The summed E-state index contributed by atoms with van der Waals surface area (Å²) in [6, 6.07) is 15.1. The number of amides is 2. The normalized spacial score (nSPS) is 12.1. The number of carbonyl (C=O) groups excluding carboxylic acids is 1. The van der Waals surface area contributed by atoms with Crippen LogP contribution in [0.2, 0.25) is 0 Å². The molecule has 5 N–H and O–H groups in total. The number of hydrogen-bond donors (Lipinski definition) is 4. The number of pyridine rings is 1. The van der Waals surface area contributed by atoms with Crippen LogP contribution in [0.3, 0.4) is 0 Å². The molecule has 0 radical (unpaired) electrons. The van der Waals surface area contributed by atoms with Crippen LogP contribution in [0.15, 0.2) is 87.4 Å². The van der Waals surface area contributed by atoms with Gasteiger partial charge in [0.05, 0.1) is 29.2 Å². The van der Waals surface area contributed by atoms with Gasteiger partial charge in [0.1, 0.15) is 17.1 Å². The molecule has 4 rings (SSSR count). The van der Waals surface area contributed by atoms with Crippen molar-refractivity contribution in [3.63, 3.8) is 0 Å². The number of allylic oxidation sites excluding steroid dienone is 1. The van der Waals surface area contributed by atoms with Gasteiger partial charge in [-0.3, -0.25) is 10.1 Å². The number of benzene rings is 2. The van der Waals surface area contributed by atoms with E-state index in [1.165, 1.54) is 24.2 Å². The maximum atomic E-state index is 13.1. The second kappa shape index (κ2) is 12.4. The van der Waals surface area contributed by atoms with E-state index >= 15 is 0 Å². The summed E-state index contributed by atoms with van der Waals surface area (Å²) in [6.45, 7) is 5.87. The summed E-state index contributed by atoms with van der Waals surface area (Å²) in [5.41, 5.74) is 8.41. The molecule has 0 fully saturated rings. The van der Waals surface area contributed by atoms with Gasteiger partial charge in [0.25, 0.3) is 5.56 Å². The van der Waals surface area contributed by atoms with Gasteiger partial charge in [0.15, 0.2) is 11.4 Å². The number of hydrogen-bond acceptors (Lipinski definition) is 9. The molecule has 0 aliphatic carbocycles. The fourth-order valence-corrected chi connectivity index (χ4v) is 4.02. The second-order valence-electron chi connectivity index (χ2n) is 9.80. The molecule has 0 spiro atoms. The summed E-state index contributed by atoms with van der Waals surface area (Å²) in [5, 5.41) is 14.7. The van der Waals surface area contributed by atoms with Gasteiger partial charge in [0.2, 0.25) is 0 Å². The van der Waals surface area contributed by atoms with Crippen molar-refractivity contribution in [2.24, 2.45) is 16.1 Å². The highest BCUT2D eigenvalue weighted by molar-refractivity contribution is 7.98. The zero-order chi connectivity index (χ0) is 29.6. The van der Waals surface area contributed by atoms with E-state index < -0.39 is 6.03 Å². The highest BCUT2D eigenvalue weighted by atomic mass is 32.2. The molecule has 12 heteroatoms. The van der Waals surface area contributed by atoms with Crippen molar-refractivity contribution in [2.45, 2.75) is 25.7 Å². The Bertz CT molecular complexity index is 1750. The molecule has 2 amide bonds. The fraction of sp³-hybridized carbons (Fsp3) is 0.172. The first-order valence-electron chi connectivity index (χ1n) is 12.4. The Hall–Kier alpha value is -5.15. The van der Waals surface area contributed by atoms with E-state index in [-0.39, 0.29) is 16.8 Å². The maximum absolute atomic E-state index is 13.1. The smallest absolute Gasteiger partial charge is 0.324 e. The van der Waals surface area contributed by atoms with Gasteiger partial charge in [-0.2, -0.15) is 5.26 Å². The molecule has 0 unspecified atom stereocenters. The molecule has 208 valence electrons. The lowest BCUT2D eigenvalue weighted by Gasteiger charge is -2.19. The van der Waals surface area contributed by atoms with Crippen LogP contribution in [0.4, 0.5) is 16.2 Å². The lowest BCUT2D eigenvalue weighted by molar-refractivity contribution is 0.256. The monoisotopic (exact) mass is 568 g/mol. The Balaban J connectivity index is 1.55. The van der Waals surface area contributed by atoms with E-state index in [4.69, 9.17) is 15.7 Å². The number of fused-ring (bicyclic) bond motifs is 1. The van der Waals surface area contributed by atoms with Gasteiger partial charge >= 0.3 is 6.03 Å². The molecule has 0 aliphatic heterocycles. The third-order valence-corrected chi connectivity index (χ3v) is 6.51. The number of nitrogens with one attached hydrogen (secondary N) is 3. The van der Waals surface area contributed by atoms with Gasteiger partial charge < -0.3 is 20.8 Å². The van der Waals surface area contributed by atoms with Crippen molar-refractivity contribution in [3.8, 4) is 17.6 Å². The van der Waals surface area contributed by atoms with Crippen LogP contribution in [-0.2, 0) is 0 Å². The molecule has 0 saturated heterocycles. The Labute approximate surface area is 240 Å². The minimum atomic E-state index is -0.521. The maximum Gasteiger partial charge on any atom is 0.324 e. The summed E-state index contributed by atoms with van der Waals surface area (Å²) in [6.07, 6.45) is 6.17.